The van der Waals surface area contributed by atoms with Crippen LogP contribution in [0.2, 0.25) is 0 Å². The quantitative estimate of drug-likeness (QED) is 0.862. The Morgan fingerprint density at radius 3 is 2.44 bits per heavy atom. The van der Waals surface area contributed by atoms with Crippen molar-refractivity contribution in [2.45, 2.75) is 0 Å². The number of nitrogens with one attached hydrogen (secondary N) is 1. The number of amides is 2. The molecule has 1 saturated heterocycles. The predicted octanol–water partition coefficient (Wildman–Crippen LogP) is 1.82. The summed E-state index contributed by atoms with van der Waals surface area (Å²) in [5, 5.41) is 2.77. The average Bonchev–Trinajstić information content (AvgIpc) is 2.73. The van der Waals surface area contributed by atoms with E-state index in [0.29, 0.717) is 54.6 Å². The molecule has 2 aromatic rings. The SMILES string of the molecule is COc1ccc(NC(=O)c2cncc(C(=O)N3CCOCC3)c2)cc1OC. The Morgan fingerprint density at radius 1 is 1.04 bits per heavy atom. The monoisotopic (exact) mass is 371 g/mol. The van der Waals surface area contributed by atoms with E-state index < -0.39 is 0 Å². The van der Waals surface area contributed by atoms with Crippen molar-refractivity contribution in [3.05, 3.63) is 47.8 Å². The van der Waals surface area contributed by atoms with E-state index in [1.807, 2.05) is 0 Å². The van der Waals surface area contributed by atoms with Gasteiger partial charge in [-0.05, 0) is 18.2 Å². The molecule has 8 heteroatoms. The molecule has 2 amide bonds. The van der Waals surface area contributed by atoms with Crippen molar-refractivity contribution in [1.29, 1.82) is 0 Å². The molecule has 0 radical (unpaired) electrons. The van der Waals surface area contributed by atoms with E-state index in [2.05, 4.69) is 10.3 Å². The second kappa shape index (κ2) is 8.50. The number of benzene rings is 1. The molecular weight excluding hydrogens is 350 g/mol. The van der Waals surface area contributed by atoms with Crippen molar-refractivity contribution in [3.8, 4) is 11.5 Å². The van der Waals surface area contributed by atoms with Crippen molar-refractivity contribution in [2.24, 2.45) is 0 Å². The highest BCUT2D eigenvalue weighted by atomic mass is 16.5. The number of hydrogen-bond acceptors (Lipinski definition) is 6. The zero-order valence-electron chi connectivity index (χ0n) is 15.2. The molecule has 1 aliphatic rings. The third kappa shape index (κ3) is 4.35. The molecule has 2 heterocycles. The summed E-state index contributed by atoms with van der Waals surface area (Å²) in [6.45, 7) is 2.08. The molecule has 0 bridgehead atoms. The topological polar surface area (TPSA) is 90.0 Å². The maximum absolute atomic E-state index is 12.6. The van der Waals surface area contributed by atoms with Crippen LogP contribution in [0.3, 0.4) is 0 Å². The standard InChI is InChI=1S/C19H21N3O5/c1-25-16-4-3-15(10-17(16)26-2)21-18(23)13-9-14(12-20-11-13)19(24)22-5-7-27-8-6-22/h3-4,9-12H,5-8H2,1-2H3,(H,21,23). The normalized spacial score (nSPS) is 13.8. The number of morpholine rings is 1. The number of carbonyl (C=O) groups excluding carboxylic acids is 2. The first-order valence-corrected chi connectivity index (χ1v) is 8.48. The molecule has 1 fully saturated rings. The Balaban J connectivity index is 1.74. The highest BCUT2D eigenvalue weighted by Gasteiger charge is 2.20. The average molecular weight is 371 g/mol. The van der Waals surface area contributed by atoms with E-state index in [4.69, 9.17) is 14.2 Å². The van der Waals surface area contributed by atoms with Gasteiger partial charge in [0.2, 0.25) is 0 Å². The largest absolute Gasteiger partial charge is 0.493 e. The Kier molecular flexibility index (Phi) is 5.87. The number of hydrogen-bond donors (Lipinski definition) is 1. The summed E-state index contributed by atoms with van der Waals surface area (Å²) < 4.78 is 15.7. The second-order valence-corrected chi connectivity index (χ2v) is 5.89. The zero-order chi connectivity index (χ0) is 19.2. The van der Waals surface area contributed by atoms with Crippen LogP contribution in [0.4, 0.5) is 5.69 Å². The first-order valence-electron chi connectivity index (χ1n) is 8.48. The van der Waals surface area contributed by atoms with Gasteiger partial charge < -0.3 is 24.4 Å². The lowest BCUT2D eigenvalue weighted by Gasteiger charge is -2.26. The summed E-state index contributed by atoms with van der Waals surface area (Å²) in [6.07, 6.45) is 2.89. The van der Waals surface area contributed by atoms with E-state index >= 15 is 0 Å². The molecule has 0 atom stereocenters. The van der Waals surface area contributed by atoms with Crippen molar-refractivity contribution in [1.82, 2.24) is 9.88 Å². The molecule has 0 saturated carbocycles. The lowest BCUT2D eigenvalue weighted by Crippen LogP contribution is -2.40. The lowest BCUT2D eigenvalue weighted by atomic mass is 10.1. The van der Waals surface area contributed by atoms with Crippen molar-refractivity contribution in [3.63, 3.8) is 0 Å². The van der Waals surface area contributed by atoms with Crippen LogP contribution >= 0.6 is 0 Å². The second-order valence-electron chi connectivity index (χ2n) is 5.89. The minimum atomic E-state index is -0.369. The molecular formula is C19H21N3O5. The van der Waals surface area contributed by atoms with Gasteiger partial charge in [-0.3, -0.25) is 14.6 Å². The van der Waals surface area contributed by atoms with Gasteiger partial charge in [-0.15, -0.1) is 0 Å². The summed E-state index contributed by atoms with van der Waals surface area (Å²) in [4.78, 5) is 30.8. The third-order valence-corrected chi connectivity index (χ3v) is 4.19. The number of pyridine rings is 1. The van der Waals surface area contributed by atoms with Gasteiger partial charge in [0.05, 0.1) is 38.6 Å². The zero-order valence-corrected chi connectivity index (χ0v) is 15.2. The molecule has 1 aliphatic heterocycles. The smallest absolute Gasteiger partial charge is 0.257 e. The fourth-order valence-electron chi connectivity index (χ4n) is 2.75. The third-order valence-electron chi connectivity index (χ3n) is 4.19. The highest BCUT2D eigenvalue weighted by Crippen LogP contribution is 2.29. The van der Waals surface area contributed by atoms with Gasteiger partial charge in [0.25, 0.3) is 11.8 Å². The van der Waals surface area contributed by atoms with Crippen LogP contribution in [-0.2, 0) is 4.74 Å². The van der Waals surface area contributed by atoms with E-state index in [1.165, 1.54) is 19.5 Å². The van der Waals surface area contributed by atoms with E-state index in [9.17, 15) is 9.59 Å². The molecule has 1 aromatic carbocycles. The summed E-state index contributed by atoms with van der Waals surface area (Å²) in [5.74, 6) is 0.540. The summed E-state index contributed by atoms with van der Waals surface area (Å²) in [7, 11) is 3.06. The van der Waals surface area contributed by atoms with Gasteiger partial charge in [0.1, 0.15) is 0 Å². The fourth-order valence-corrected chi connectivity index (χ4v) is 2.75. The van der Waals surface area contributed by atoms with Crippen LogP contribution in [0.1, 0.15) is 20.7 Å². The van der Waals surface area contributed by atoms with E-state index in [1.54, 1.807) is 36.3 Å². The predicted molar refractivity (Wildman–Crippen MR) is 98.5 cm³/mol. The van der Waals surface area contributed by atoms with Gasteiger partial charge in [0.15, 0.2) is 11.5 Å². The van der Waals surface area contributed by atoms with Gasteiger partial charge >= 0.3 is 0 Å². The van der Waals surface area contributed by atoms with Gasteiger partial charge in [0, 0.05) is 37.2 Å². The number of carbonyl (C=O) groups is 2. The van der Waals surface area contributed by atoms with E-state index in [0.717, 1.165) is 0 Å². The summed E-state index contributed by atoms with van der Waals surface area (Å²) in [5.41, 5.74) is 1.21. The molecule has 1 N–H and O–H groups in total. The van der Waals surface area contributed by atoms with Gasteiger partial charge in [-0.2, -0.15) is 0 Å². The number of anilines is 1. The molecule has 0 unspecified atom stereocenters. The Bertz CT molecular complexity index is 834. The minimum Gasteiger partial charge on any atom is -0.493 e. The van der Waals surface area contributed by atoms with Crippen LogP contribution in [0.25, 0.3) is 0 Å². The van der Waals surface area contributed by atoms with Crippen LogP contribution in [0.15, 0.2) is 36.7 Å². The number of nitrogens with zero attached hydrogens (tertiary/aromatic N) is 2. The molecule has 142 valence electrons. The highest BCUT2D eigenvalue weighted by molar-refractivity contribution is 6.06. The number of methoxy groups -OCH3 is 2. The Labute approximate surface area is 157 Å². The Morgan fingerprint density at radius 2 is 1.74 bits per heavy atom. The van der Waals surface area contributed by atoms with Crippen LogP contribution in [0, 0.1) is 0 Å². The van der Waals surface area contributed by atoms with Crippen molar-refractivity contribution < 1.29 is 23.8 Å². The molecule has 27 heavy (non-hydrogen) atoms. The number of rotatable bonds is 5. The molecule has 1 aromatic heterocycles. The van der Waals surface area contributed by atoms with Gasteiger partial charge in [-0.25, -0.2) is 0 Å². The molecule has 8 nitrogen and oxygen atoms in total. The fraction of sp³-hybridized carbons (Fsp3) is 0.316. The van der Waals surface area contributed by atoms with E-state index in [-0.39, 0.29) is 11.8 Å². The maximum atomic E-state index is 12.6. The Hall–Kier alpha value is -3.13. The first kappa shape index (κ1) is 18.7. The molecule has 0 aliphatic carbocycles. The van der Waals surface area contributed by atoms with Crippen molar-refractivity contribution in [2.75, 3.05) is 45.8 Å². The van der Waals surface area contributed by atoms with Crippen molar-refractivity contribution >= 4 is 17.5 Å². The lowest BCUT2D eigenvalue weighted by molar-refractivity contribution is 0.0302. The van der Waals surface area contributed by atoms with Crippen LogP contribution < -0.4 is 14.8 Å². The van der Waals surface area contributed by atoms with Crippen LogP contribution in [0.5, 0.6) is 11.5 Å². The maximum Gasteiger partial charge on any atom is 0.257 e. The molecule has 3 rings (SSSR count). The van der Waals surface area contributed by atoms with Gasteiger partial charge in [-0.1, -0.05) is 0 Å². The minimum absolute atomic E-state index is 0.161. The van der Waals surface area contributed by atoms with Crippen LogP contribution in [-0.4, -0.2) is 62.2 Å². The summed E-state index contributed by atoms with van der Waals surface area (Å²) >= 11 is 0. The number of ether oxygens (including phenoxy) is 3. The first-order chi connectivity index (χ1) is 13.1. The molecule has 0 spiro atoms. The number of aromatic nitrogens is 1. The summed E-state index contributed by atoms with van der Waals surface area (Å²) in [6, 6.07) is 6.61.